The van der Waals surface area contributed by atoms with Crippen LogP contribution in [0.1, 0.15) is 31.2 Å². The zero-order valence-electron chi connectivity index (χ0n) is 15.2. The number of aromatic nitrogens is 2. The molecule has 0 N–H and O–H groups in total. The topological polar surface area (TPSA) is 41.5 Å². The predicted molar refractivity (Wildman–Crippen MR) is 98.8 cm³/mol. The molecule has 2 saturated heterocycles. The van der Waals surface area contributed by atoms with Gasteiger partial charge < -0.3 is 9.64 Å². The number of hydrogen-bond donors (Lipinski definition) is 0. The summed E-state index contributed by atoms with van der Waals surface area (Å²) in [6.07, 6.45) is 8.29. The maximum atomic E-state index is 13.7. The number of piperidine rings is 1. The maximum absolute atomic E-state index is 13.7. The van der Waals surface area contributed by atoms with Gasteiger partial charge in [-0.1, -0.05) is 6.07 Å². The molecule has 5 nitrogen and oxygen atoms in total. The van der Waals surface area contributed by atoms with Gasteiger partial charge in [0.05, 0.1) is 7.11 Å². The number of anilines is 1. The van der Waals surface area contributed by atoms with Gasteiger partial charge >= 0.3 is 0 Å². The number of hydrogen-bond acceptors (Lipinski definition) is 5. The van der Waals surface area contributed by atoms with Crippen molar-refractivity contribution < 1.29 is 9.13 Å². The highest BCUT2D eigenvalue weighted by atomic mass is 19.1. The first-order chi connectivity index (χ1) is 12.7. The van der Waals surface area contributed by atoms with Crippen LogP contribution in [0.5, 0.6) is 5.75 Å². The van der Waals surface area contributed by atoms with E-state index >= 15 is 0 Å². The molecule has 0 bridgehead atoms. The van der Waals surface area contributed by atoms with Gasteiger partial charge in [-0.2, -0.15) is 0 Å². The van der Waals surface area contributed by atoms with Gasteiger partial charge in [0.2, 0.25) is 5.95 Å². The lowest BCUT2D eigenvalue weighted by atomic mass is 9.85. The fourth-order valence-electron chi connectivity index (χ4n) is 4.41. The second-order valence-electron chi connectivity index (χ2n) is 7.25. The lowest BCUT2D eigenvalue weighted by Gasteiger charge is -2.45. The normalized spacial score (nSPS) is 19.8. The molecule has 26 heavy (non-hydrogen) atoms. The van der Waals surface area contributed by atoms with Gasteiger partial charge in [-0.15, -0.1) is 0 Å². The van der Waals surface area contributed by atoms with Crippen molar-refractivity contribution in [3.63, 3.8) is 0 Å². The molecule has 3 heterocycles. The summed E-state index contributed by atoms with van der Waals surface area (Å²) in [6.45, 7) is 3.90. The number of rotatable bonds is 4. The second kappa shape index (κ2) is 7.19. The van der Waals surface area contributed by atoms with Crippen molar-refractivity contribution in [1.29, 1.82) is 0 Å². The molecule has 0 aliphatic carbocycles. The van der Waals surface area contributed by atoms with E-state index in [1.54, 1.807) is 12.4 Å². The Hall–Kier alpha value is -2.21. The Morgan fingerprint density at radius 2 is 1.88 bits per heavy atom. The van der Waals surface area contributed by atoms with E-state index in [-0.39, 0.29) is 11.4 Å². The molecule has 4 rings (SSSR count). The van der Waals surface area contributed by atoms with Crippen molar-refractivity contribution in [1.82, 2.24) is 14.9 Å². The smallest absolute Gasteiger partial charge is 0.225 e. The fraction of sp³-hybridized carbons (Fsp3) is 0.500. The highest BCUT2D eigenvalue weighted by molar-refractivity contribution is 5.32. The van der Waals surface area contributed by atoms with E-state index in [4.69, 9.17) is 4.74 Å². The van der Waals surface area contributed by atoms with E-state index in [9.17, 15) is 4.39 Å². The summed E-state index contributed by atoms with van der Waals surface area (Å²) in [4.78, 5) is 13.6. The summed E-state index contributed by atoms with van der Waals surface area (Å²) in [7, 11) is 1.51. The van der Waals surface area contributed by atoms with Gasteiger partial charge in [-0.3, -0.25) is 4.90 Å². The van der Waals surface area contributed by atoms with Crippen molar-refractivity contribution in [2.45, 2.75) is 37.8 Å². The van der Waals surface area contributed by atoms with Crippen molar-refractivity contribution in [3.05, 3.63) is 48.0 Å². The predicted octanol–water partition coefficient (Wildman–Crippen LogP) is 3.26. The minimum Gasteiger partial charge on any atom is -0.494 e. The zero-order chi connectivity index (χ0) is 18.0. The minimum atomic E-state index is -0.302. The Bertz CT molecular complexity index is 747. The molecular formula is C20H25FN4O. The first-order valence-corrected chi connectivity index (χ1v) is 9.30. The zero-order valence-corrected chi connectivity index (χ0v) is 15.2. The Kier molecular flexibility index (Phi) is 4.76. The summed E-state index contributed by atoms with van der Waals surface area (Å²) in [5.74, 6) is 0.852. The molecule has 2 aromatic rings. The van der Waals surface area contributed by atoms with Crippen LogP contribution in [-0.4, -0.2) is 47.2 Å². The van der Waals surface area contributed by atoms with Crippen molar-refractivity contribution >= 4 is 5.95 Å². The van der Waals surface area contributed by atoms with E-state index in [2.05, 4.69) is 19.8 Å². The highest BCUT2D eigenvalue weighted by Crippen LogP contribution is 2.40. The van der Waals surface area contributed by atoms with E-state index in [1.807, 2.05) is 18.2 Å². The highest BCUT2D eigenvalue weighted by Gasteiger charge is 2.43. The number of ether oxygens (including phenoxy) is 1. The Morgan fingerprint density at radius 1 is 1.12 bits per heavy atom. The van der Waals surface area contributed by atoms with Crippen LogP contribution in [0.3, 0.4) is 0 Å². The van der Waals surface area contributed by atoms with Crippen molar-refractivity contribution in [2.75, 3.05) is 31.6 Å². The Morgan fingerprint density at radius 3 is 2.62 bits per heavy atom. The number of methoxy groups -OCH3 is 1. The van der Waals surface area contributed by atoms with Crippen LogP contribution in [0, 0.1) is 5.82 Å². The maximum Gasteiger partial charge on any atom is 0.225 e. The molecular weight excluding hydrogens is 331 g/mol. The molecule has 2 aliphatic heterocycles. The van der Waals surface area contributed by atoms with Gasteiger partial charge in [0.25, 0.3) is 0 Å². The largest absolute Gasteiger partial charge is 0.494 e. The molecule has 138 valence electrons. The lowest BCUT2D eigenvalue weighted by Crippen LogP contribution is -2.52. The standard InChI is InChI=1S/C20H25FN4O/c1-26-18-14-16(4-5-17(18)21)15-25-11-2-6-20(25)7-12-24(13-8-20)19-22-9-3-10-23-19/h3-5,9-10,14H,2,6-8,11-13,15H2,1H3. The van der Waals surface area contributed by atoms with E-state index in [1.165, 1.54) is 26.0 Å². The van der Waals surface area contributed by atoms with E-state index in [0.717, 1.165) is 50.5 Å². The average Bonchev–Trinajstić information content (AvgIpc) is 3.06. The van der Waals surface area contributed by atoms with Crippen molar-refractivity contribution in [3.8, 4) is 5.75 Å². The molecule has 0 unspecified atom stereocenters. The number of benzene rings is 1. The number of likely N-dealkylation sites (tertiary alicyclic amines) is 1. The molecule has 0 amide bonds. The quantitative estimate of drug-likeness (QED) is 0.841. The van der Waals surface area contributed by atoms with Crippen LogP contribution in [0.25, 0.3) is 0 Å². The molecule has 1 aromatic carbocycles. The Labute approximate surface area is 153 Å². The Balaban J connectivity index is 1.45. The minimum absolute atomic E-state index is 0.243. The summed E-state index contributed by atoms with van der Waals surface area (Å²) in [5, 5.41) is 0. The SMILES string of the molecule is COc1cc(CN2CCCC23CCN(c2ncccn2)CC3)ccc1F. The first kappa shape index (κ1) is 17.2. The van der Waals surface area contributed by atoms with E-state index < -0.39 is 0 Å². The number of nitrogens with zero attached hydrogens (tertiary/aromatic N) is 4. The van der Waals surface area contributed by atoms with Crippen LogP contribution in [0.2, 0.25) is 0 Å². The van der Waals surface area contributed by atoms with Crippen LogP contribution >= 0.6 is 0 Å². The van der Waals surface area contributed by atoms with Crippen molar-refractivity contribution in [2.24, 2.45) is 0 Å². The fourth-order valence-corrected chi connectivity index (χ4v) is 4.41. The van der Waals surface area contributed by atoms with Crippen LogP contribution in [-0.2, 0) is 6.54 Å². The molecule has 0 atom stereocenters. The molecule has 0 saturated carbocycles. The first-order valence-electron chi connectivity index (χ1n) is 9.30. The molecule has 1 spiro atoms. The van der Waals surface area contributed by atoms with Crippen LogP contribution in [0.4, 0.5) is 10.3 Å². The summed E-state index contributed by atoms with van der Waals surface area (Å²) < 4.78 is 18.8. The number of halogens is 1. The lowest BCUT2D eigenvalue weighted by molar-refractivity contribution is 0.0993. The van der Waals surface area contributed by atoms with Crippen LogP contribution < -0.4 is 9.64 Å². The summed E-state index contributed by atoms with van der Waals surface area (Å²) in [5.41, 5.74) is 1.35. The third-order valence-electron chi connectivity index (χ3n) is 5.86. The molecule has 1 aromatic heterocycles. The molecule has 6 heteroatoms. The molecule has 2 fully saturated rings. The van der Waals surface area contributed by atoms with Gasteiger partial charge in [0, 0.05) is 37.6 Å². The van der Waals surface area contributed by atoms with Gasteiger partial charge in [-0.25, -0.2) is 14.4 Å². The summed E-state index contributed by atoms with van der Waals surface area (Å²) in [6, 6.07) is 7.06. The molecule has 0 radical (unpaired) electrons. The van der Waals surface area contributed by atoms with E-state index in [0.29, 0.717) is 5.75 Å². The second-order valence-corrected chi connectivity index (χ2v) is 7.25. The summed E-state index contributed by atoms with van der Waals surface area (Å²) >= 11 is 0. The van der Waals surface area contributed by atoms with Gasteiger partial charge in [0.15, 0.2) is 11.6 Å². The molecule has 2 aliphatic rings. The third kappa shape index (κ3) is 3.26. The van der Waals surface area contributed by atoms with Gasteiger partial charge in [0.1, 0.15) is 0 Å². The monoisotopic (exact) mass is 356 g/mol. The van der Waals surface area contributed by atoms with Gasteiger partial charge in [-0.05, 0) is 56.0 Å². The van der Waals surface area contributed by atoms with Crippen LogP contribution in [0.15, 0.2) is 36.7 Å². The third-order valence-corrected chi connectivity index (χ3v) is 5.86. The average molecular weight is 356 g/mol.